The lowest BCUT2D eigenvalue weighted by Crippen LogP contribution is -2.39. The average molecular weight is 335 g/mol. The molecule has 4 N–H and O–H groups in total. The van der Waals surface area contributed by atoms with E-state index in [1.165, 1.54) is 17.8 Å². The van der Waals surface area contributed by atoms with Crippen molar-refractivity contribution in [1.29, 1.82) is 0 Å². The smallest absolute Gasteiger partial charge is 0.320 e. The van der Waals surface area contributed by atoms with Gasteiger partial charge < -0.3 is 11.1 Å². The molecule has 0 atom stereocenters. The van der Waals surface area contributed by atoms with Crippen molar-refractivity contribution in [3.05, 3.63) is 16.0 Å². The molecule has 3 rings (SSSR count). The van der Waals surface area contributed by atoms with Crippen LogP contribution in [-0.4, -0.2) is 23.8 Å². The summed E-state index contributed by atoms with van der Waals surface area (Å²) in [5.41, 5.74) is 6.69. The molecule has 1 saturated carbocycles. The molecular weight excluding hydrogens is 314 g/mol. The molecule has 2 aliphatic rings. The van der Waals surface area contributed by atoms with Crippen LogP contribution >= 0.6 is 11.3 Å². The predicted molar refractivity (Wildman–Crippen MR) is 88.9 cm³/mol. The Morgan fingerprint density at radius 1 is 1.13 bits per heavy atom. The third-order valence-electron chi connectivity index (χ3n) is 4.52. The number of urea groups is 1. The van der Waals surface area contributed by atoms with Crippen LogP contribution in [0.3, 0.4) is 0 Å². The lowest BCUT2D eigenvalue weighted by atomic mass is 9.94. The van der Waals surface area contributed by atoms with E-state index in [1.54, 1.807) is 0 Å². The first kappa shape index (κ1) is 16.0. The van der Waals surface area contributed by atoms with Gasteiger partial charge >= 0.3 is 6.03 Å². The molecule has 0 aromatic carbocycles. The number of rotatable bonds is 3. The Hall–Kier alpha value is -1.89. The Bertz CT molecular complexity index is 647. The zero-order chi connectivity index (χ0) is 16.4. The third kappa shape index (κ3) is 3.55. The molecule has 0 aliphatic heterocycles. The predicted octanol–water partition coefficient (Wildman–Crippen LogP) is 2.36. The fourth-order valence-corrected chi connectivity index (χ4v) is 4.65. The number of nitrogens with two attached hydrogens (primary N) is 1. The molecule has 23 heavy (non-hydrogen) atoms. The number of primary amides is 1. The Balaban J connectivity index is 1.75. The standard InChI is InChI=1S/C16H21N3O3S/c17-14(21)13-11-7-6-10(20)8-12(11)23-15(13)19-16(22)18-9-4-2-1-3-5-9/h9H,1-8H2,(H2,17,21)(H2,18,19,22). The molecule has 0 spiro atoms. The van der Waals surface area contributed by atoms with Crippen molar-refractivity contribution < 1.29 is 14.4 Å². The summed E-state index contributed by atoms with van der Waals surface area (Å²) in [6.07, 6.45) is 6.74. The lowest BCUT2D eigenvalue weighted by molar-refractivity contribution is -0.118. The van der Waals surface area contributed by atoms with Gasteiger partial charge in [0.25, 0.3) is 5.91 Å². The van der Waals surface area contributed by atoms with Gasteiger partial charge in [-0.25, -0.2) is 4.79 Å². The first-order valence-electron chi connectivity index (χ1n) is 8.08. The van der Waals surface area contributed by atoms with Gasteiger partial charge in [0.15, 0.2) is 0 Å². The fourth-order valence-electron chi connectivity index (χ4n) is 3.37. The number of carbonyl (C=O) groups is 3. The number of amides is 3. The number of ketones is 1. The molecule has 6 nitrogen and oxygen atoms in total. The summed E-state index contributed by atoms with van der Waals surface area (Å²) in [6.45, 7) is 0. The van der Waals surface area contributed by atoms with Crippen LogP contribution in [0, 0.1) is 0 Å². The topological polar surface area (TPSA) is 101 Å². The summed E-state index contributed by atoms with van der Waals surface area (Å²) in [4.78, 5) is 36.4. The van der Waals surface area contributed by atoms with E-state index in [0.717, 1.165) is 36.1 Å². The van der Waals surface area contributed by atoms with Crippen molar-refractivity contribution in [2.45, 2.75) is 57.4 Å². The summed E-state index contributed by atoms with van der Waals surface area (Å²) in [6, 6.07) is -0.110. The van der Waals surface area contributed by atoms with Gasteiger partial charge in [0, 0.05) is 23.8 Å². The molecule has 1 heterocycles. The molecular formula is C16H21N3O3S. The quantitative estimate of drug-likeness (QED) is 0.790. The van der Waals surface area contributed by atoms with E-state index >= 15 is 0 Å². The van der Waals surface area contributed by atoms with E-state index in [9.17, 15) is 14.4 Å². The second kappa shape index (κ2) is 6.70. The van der Waals surface area contributed by atoms with Gasteiger partial charge in [-0.1, -0.05) is 19.3 Å². The van der Waals surface area contributed by atoms with Crippen LogP contribution in [0.4, 0.5) is 9.80 Å². The highest BCUT2D eigenvalue weighted by Crippen LogP contribution is 2.37. The Kier molecular flexibility index (Phi) is 4.66. The second-order valence-corrected chi connectivity index (χ2v) is 7.33. The molecule has 3 amide bonds. The largest absolute Gasteiger partial charge is 0.365 e. The number of hydrogen-bond donors (Lipinski definition) is 3. The zero-order valence-electron chi connectivity index (χ0n) is 12.9. The fraction of sp³-hybridized carbons (Fsp3) is 0.562. The van der Waals surface area contributed by atoms with Crippen LogP contribution in [0.1, 0.15) is 59.3 Å². The van der Waals surface area contributed by atoms with Crippen LogP contribution in [0.15, 0.2) is 0 Å². The first-order valence-corrected chi connectivity index (χ1v) is 8.90. The minimum atomic E-state index is -0.551. The number of anilines is 1. The van der Waals surface area contributed by atoms with Crippen molar-refractivity contribution in [1.82, 2.24) is 5.32 Å². The lowest BCUT2D eigenvalue weighted by Gasteiger charge is -2.22. The third-order valence-corrected chi connectivity index (χ3v) is 5.66. The molecule has 1 aromatic heterocycles. The van der Waals surface area contributed by atoms with Crippen molar-refractivity contribution in [3.8, 4) is 0 Å². The minimum Gasteiger partial charge on any atom is -0.365 e. The molecule has 1 aromatic rings. The van der Waals surface area contributed by atoms with Crippen LogP contribution in [0.5, 0.6) is 0 Å². The molecule has 0 bridgehead atoms. The van der Waals surface area contributed by atoms with Gasteiger partial charge in [-0.2, -0.15) is 0 Å². The number of nitrogens with one attached hydrogen (secondary N) is 2. The first-order chi connectivity index (χ1) is 11.0. The molecule has 124 valence electrons. The van der Waals surface area contributed by atoms with Crippen molar-refractivity contribution >= 4 is 34.1 Å². The van der Waals surface area contributed by atoms with E-state index < -0.39 is 5.91 Å². The molecule has 0 saturated heterocycles. The van der Waals surface area contributed by atoms with Crippen LogP contribution in [0.2, 0.25) is 0 Å². The van der Waals surface area contributed by atoms with Crippen LogP contribution < -0.4 is 16.4 Å². The maximum atomic E-state index is 12.2. The average Bonchev–Trinajstić information content (AvgIpc) is 2.84. The van der Waals surface area contributed by atoms with E-state index in [2.05, 4.69) is 10.6 Å². The number of thiophene rings is 1. The monoisotopic (exact) mass is 335 g/mol. The van der Waals surface area contributed by atoms with Crippen LogP contribution in [0.25, 0.3) is 0 Å². The maximum Gasteiger partial charge on any atom is 0.320 e. The second-order valence-electron chi connectivity index (χ2n) is 6.22. The summed E-state index contributed by atoms with van der Waals surface area (Å²) >= 11 is 1.29. The van der Waals surface area contributed by atoms with E-state index in [1.807, 2.05) is 0 Å². The molecule has 0 unspecified atom stereocenters. The van der Waals surface area contributed by atoms with Crippen molar-refractivity contribution in [2.24, 2.45) is 5.73 Å². The van der Waals surface area contributed by atoms with Gasteiger partial charge in [-0.15, -0.1) is 11.3 Å². The Morgan fingerprint density at radius 3 is 2.57 bits per heavy atom. The van der Waals surface area contributed by atoms with Crippen molar-refractivity contribution in [3.63, 3.8) is 0 Å². The van der Waals surface area contributed by atoms with E-state index in [4.69, 9.17) is 5.73 Å². The van der Waals surface area contributed by atoms with Crippen molar-refractivity contribution in [2.75, 3.05) is 5.32 Å². The number of carbonyl (C=O) groups excluding carboxylic acids is 3. The van der Waals surface area contributed by atoms with E-state index in [-0.39, 0.29) is 17.9 Å². The normalized spacial score (nSPS) is 18.3. The Morgan fingerprint density at radius 2 is 1.87 bits per heavy atom. The highest BCUT2D eigenvalue weighted by Gasteiger charge is 2.28. The minimum absolute atomic E-state index is 0.160. The highest BCUT2D eigenvalue weighted by atomic mass is 32.1. The number of hydrogen-bond acceptors (Lipinski definition) is 4. The molecule has 2 aliphatic carbocycles. The number of Topliss-reactive ketones (excluding diaryl/α,β-unsaturated/α-hetero) is 1. The van der Waals surface area contributed by atoms with Gasteiger partial charge in [-0.05, 0) is 24.8 Å². The molecule has 0 radical (unpaired) electrons. The van der Waals surface area contributed by atoms with E-state index in [0.29, 0.717) is 29.8 Å². The molecule has 1 fully saturated rings. The summed E-state index contributed by atoms with van der Waals surface area (Å²) < 4.78 is 0. The van der Waals surface area contributed by atoms with Gasteiger partial charge in [0.2, 0.25) is 0 Å². The number of fused-ring (bicyclic) bond motifs is 1. The summed E-state index contributed by atoms with van der Waals surface area (Å²) in [5, 5.41) is 6.19. The SMILES string of the molecule is NC(=O)c1c(NC(=O)NC2CCCCC2)sc2c1CCC(=O)C2. The summed E-state index contributed by atoms with van der Waals surface area (Å²) in [7, 11) is 0. The maximum absolute atomic E-state index is 12.2. The Labute approximate surface area is 138 Å². The van der Waals surface area contributed by atoms with Gasteiger partial charge in [-0.3, -0.25) is 14.9 Å². The van der Waals surface area contributed by atoms with Gasteiger partial charge in [0.05, 0.1) is 5.56 Å². The zero-order valence-corrected chi connectivity index (χ0v) is 13.8. The molecule has 7 heteroatoms. The highest BCUT2D eigenvalue weighted by molar-refractivity contribution is 7.17. The summed E-state index contributed by atoms with van der Waals surface area (Å²) in [5.74, 6) is -0.391. The van der Waals surface area contributed by atoms with Gasteiger partial charge in [0.1, 0.15) is 10.8 Å². The van der Waals surface area contributed by atoms with Crippen LogP contribution in [-0.2, 0) is 17.6 Å².